The van der Waals surface area contributed by atoms with Gasteiger partial charge in [-0.3, -0.25) is 0 Å². The third kappa shape index (κ3) is 22.3. The lowest BCUT2D eigenvalue weighted by Crippen LogP contribution is -2.18. The van der Waals surface area contributed by atoms with Gasteiger partial charge < -0.3 is 4.74 Å². The summed E-state index contributed by atoms with van der Waals surface area (Å²) in [4.78, 5) is 0. The van der Waals surface area contributed by atoms with Crippen LogP contribution in [0, 0.1) is 0 Å². The molecule has 0 aliphatic carbocycles. The normalized spacial score (nSPS) is 12.9. The maximum absolute atomic E-state index is 13.8. The first-order chi connectivity index (χ1) is 13.1. The van der Waals surface area contributed by atoms with Crippen LogP contribution in [-0.2, 0) is 4.74 Å². The van der Waals surface area contributed by atoms with Crippen molar-refractivity contribution in [2.75, 3.05) is 6.61 Å². The molecule has 1 nitrogen and oxygen atoms in total. The number of unbranched alkanes of at least 4 members (excludes halogenated alkanes) is 11. The molecular formula is C24H50F2OSi. The fourth-order valence-corrected chi connectivity index (χ4v) is 4.89. The summed E-state index contributed by atoms with van der Waals surface area (Å²) in [6.45, 7) is 11.7. The van der Waals surface area contributed by atoms with Gasteiger partial charge in [-0.15, -0.1) is 0 Å². The summed E-state index contributed by atoms with van der Waals surface area (Å²) in [5.74, 6) is -2.50. The fraction of sp³-hybridized carbons (Fsp3) is 1.00. The topological polar surface area (TPSA) is 9.23 Å². The molecule has 0 fully saturated rings. The van der Waals surface area contributed by atoms with E-state index in [-0.39, 0.29) is 18.9 Å². The van der Waals surface area contributed by atoms with Crippen molar-refractivity contribution in [2.45, 2.75) is 148 Å². The van der Waals surface area contributed by atoms with Crippen molar-refractivity contribution >= 4 is 8.07 Å². The monoisotopic (exact) mass is 420 g/mol. The van der Waals surface area contributed by atoms with Crippen LogP contribution < -0.4 is 0 Å². The number of alkyl halides is 2. The summed E-state index contributed by atoms with van der Waals surface area (Å²) < 4.78 is 32.9. The first-order valence-corrected chi connectivity index (χ1v) is 15.8. The second-order valence-electron chi connectivity index (χ2n) is 10.2. The molecule has 170 valence electrons. The molecule has 0 atom stereocenters. The van der Waals surface area contributed by atoms with Gasteiger partial charge in [0.2, 0.25) is 5.92 Å². The standard InChI is InChI=1S/C24H50F2OSi/c1-23(2)27-21-18-20-24(25,26)19-16-14-12-10-8-6-7-9-11-13-15-17-22-28(3,4)5/h23H,6-22H2,1-5H3. The van der Waals surface area contributed by atoms with Gasteiger partial charge in [0.15, 0.2) is 0 Å². The fourth-order valence-electron chi connectivity index (χ4n) is 3.58. The molecule has 0 amide bonds. The first kappa shape index (κ1) is 28.0. The Balaban J connectivity index is 3.30. The van der Waals surface area contributed by atoms with Gasteiger partial charge in [-0.1, -0.05) is 96.3 Å². The zero-order valence-corrected chi connectivity index (χ0v) is 20.8. The van der Waals surface area contributed by atoms with Gasteiger partial charge in [0.1, 0.15) is 0 Å². The van der Waals surface area contributed by atoms with E-state index >= 15 is 0 Å². The molecule has 0 radical (unpaired) electrons. The number of halogens is 2. The van der Waals surface area contributed by atoms with Gasteiger partial charge in [0.25, 0.3) is 0 Å². The molecule has 0 unspecified atom stereocenters. The molecule has 0 aromatic heterocycles. The van der Waals surface area contributed by atoms with Crippen LogP contribution in [0.2, 0.25) is 25.7 Å². The van der Waals surface area contributed by atoms with E-state index in [2.05, 4.69) is 19.6 Å². The number of hydrogen-bond acceptors (Lipinski definition) is 1. The van der Waals surface area contributed by atoms with E-state index in [0.29, 0.717) is 19.4 Å². The van der Waals surface area contributed by atoms with Gasteiger partial charge in [-0.2, -0.15) is 0 Å². The Bertz CT molecular complexity index is 340. The van der Waals surface area contributed by atoms with E-state index in [4.69, 9.17) is 4.74 Å². The molecule has 0 N–H and O–H groups in total. The van der Waals surface area contributed by atoms with Crippen molar-refractivity contribution in [3.8, 4) is 0 Å². The van der Waals surface area contributed by atoms with Crippen LogP contribution in [0.25, 0.3) is 0 Å². The third-order valence-electron chi connectivity index (χ3n) is 5.36. The second-order valence-corrected chi connectivity index (χ2v) is 15.8. The van der Waals surface area contributed by atoms with Gasteiger partial charge in [0, 0.05) is 27.5 Å². The lowest BCUT2D eigenvalue weighted by molar-refractivity contribution is -0.0299. The largest absolute Gasteiger partial charge is 0.379 e. The van der Waals surface area contributed by atoms with Crippen molar-refractivity contribution in [3.63, 3.8) is 0 Å². The summed E-state index contributed by atoms with van der Waals surface area (Å²) in [5.41, 5.74) is 0. The minimum atomic E-state index is -2.50. The molecule has 0 heterocycles. The molecule has 0 saturated heterocycles. The van der Waals surface area contributed by atoms with Crippen LogP contribution in [0.4, 0.5) is 8.78 Å². The maximum Gasteiger partial charge on any atom is 0.248 e. The zero-order valence-electron chi connectivity index (χ0n) is 19.8. The van der Waals surface area contributed by atoms with E-state index in [1.165, 1.54) is 63.8 Å². The summed E-state index contributed by atoms with van der Waals surface area (Å²) in [6.07, 6.45) is 15.5. The number of rotatable bonds is 20. The van der Waals surface area contributed by atoms with Gasteiger partial charge in [-0.05, 0) is 26.7 Å². The molecule has 28 heavy (non-hydrogen) atoms. The first-order valence-electron chi connectivity index (χ1n) is 12.1. The summed E-state index contributed by atoms with van der Waals surface area (Å²) in [6, 6.07) is 1.48. The molecule has 0 rings (SSSR count). The third-order valence-corrected chi connectivity index (χ3v) is 7.21. The van der Waals surface area contributed by atoms with E-state index in [9.17, 15) is 8.78 Å². The Morgan fingerprint density at radius 3 is 1.46 bits per heavy atom. The zero-order chi connectivity index (χ0) is 21.3. The Labute approximate surface area is 176 Å². The summed E-state index contributed by atoms with van der Waals surface area (Å²) >= 11 is 0. The summed E-state index contributed by atoms with van der Waals surface area (Å²) in [7, 11) is -0.826. The number of hydrogen-bond donors (Lipinski definition) is 0. The molecule has 4 heteroatoms. The van der Waals surface area contributed by atoms with E-state index in [1.807, 2.05) is 13.8 Å². The van der Waals surface area contributed by atoms with Crippen molar-refractivity contribution in [2.24, 2.45) is 0 Å². The van der Waals surface area contributed by atoms with E-state index < -0.39 is 14.0 Å². The predicted octanol–water partition coefficient (Wildman–Crippen LogP) is 9.24. The van der Waals surface area contributed by atoms with E-state index in [0.717, 1.165) is 12.8 Å². The average molecular weight is 421 g/mol. The SMILES string of the molecule is CC(C)OCCCC(F)(F)CCCCCCCCCCCCCC[Si](C)(C)C. The highest BCUT2D eigenvalue weighted by Gasteiger charge is 2.27. The average Bonchev–Trinajstić information content (AvgIpc) is 2.58. The molecule has 0 saturated carbocycles. The van der Waals surface area contributed by atoms with Crippen LogP contribution in [0.3, 0.4) is 0 Å². The quantitative estimate of drug-likeness (QED) is 0.141. The van der Waals surface area contributed by atoms with Crippen LogP contribution in [-0.4, -0.2) is 26.7 Å². The Kier molecular flexibility index (Phi) is 16.8. The number of ether oxygens (including phenoxy) is 1. The predicted molar refractivity (Wildman–Crippen MR) is 123 cm³/mol. The second kappa shape index (κ2) is 16.8. The minimum absolute atomic E-state index is 0.0299. The van der Waals surface area contributed by atoms with Crippen LogP contribution >= 0.6 is 0 Å². The minimum Gasteiger partial charge on any atom is -0.379 e. The lowest BCUT2D eigenvalue weighted by Gasteiger charge is -2.16. The molecule has 0 spiro atoms. The highest BCUT2D eigenvalue weighted by molar-refractivity contribution is 6.76. The molecule has 0 aromatic carbocycles. The Morgan fingerprint density at radius 1 is 0.643 bits per heavy atom. The van der Waals surface area contributed by atoms with Crippen molar-refractivity contribution in [1.29, 1.82) is 0 Å². The van der Waals surface area contributed by atoms with Crippen LogP contribution in [0.1, 0.15) is 110 Å². The van der Waals surface area contributed by atoms with E-state index in [1.54, 1.807) is 0 Å². The molecule has 0 aromatic rings. The van der Waals surface area contributed by atoms with Crippen LogP contribution in [0.5, 0.6) is 0 Å². The molecular weight excluding hydrogens is 370 g/mol. The Hall–Kier alpha value is 0.0369. The maximum atomic E-state index is 13.8. The van der Waals surface area contributed by atoms with Crippen LogP contribution in [0.15, 0.2) is 0 Å². The highest BCUT2D eigenvalue weighted by Crippen LogP contribution is 2.27. The van der Waals surface area contributed by atoms with Gasteiger partial charge >= 0.3 is 0 Å². The highest BCUT2D eigenvalue weighted by atomic mass is 28.3. The molecule has 0 aliphatic heterocycles. The summed E-state index contributed by atoms with van der Waals surface area (Å²) in [5, 5.41) is 0. The molecule has 0 bridgehead atoms. The Morgan fingerprint density at radius 2 is 1.04 bits per heavy atom. The molecule has 0 aliphatic rings. The van der Waals surface area contributed by atoms with Crippen molar-refractivity contribution in [1.82, 2.24) is 0 Å². The van der Waals surface area contributed by atoms with Gasteiger partial charge in [0.05, 0.1) is 6.10 Å². The van der Waals surface area contributed by atoms with Crippen molar-refractivity contribution < 1.29 is 13.5 Å². The lowest BCUT2D eigenvalue weighted by atomic mass is 10.0. The van der Waals surface area contributed by atoms with Gasteiger partial charge in [-0.25, -0.2) is 8.78 Å². The van der Waals surface area contributed by atoms with Crippen molar-refractivity contribution in [3.05, 3.63) is 0 Å². The smallest absolute Gasteiger partial charge is 0.248 e.